The predicted molar refractivity (Wildman–Crippen MR) is 108 cm³/mol. The van der Waals surface area contributed by atoms with Crippen molar-refractivity contribution in [3.05, 3.63) is 72.0 Å². The lowest BCUT2D eigenvalue weighted by molar-refractivity contribution is -0.133. The van der Waals surface area contributed by atoms with Crippen LogP contribution in [0.3, 0.4) is 0 Å². The van der Waals surface area contributed by atoms with Crippen molar-refractivity contribution >= 4 is 23.3 Å². The van der Waals surface area contributed by atoms with Crippen LogP contribution in [0.1, 0.15) is 24.5 Å². The molecule has 2 aromatic carbocycles. The molecule has 0 bridgehead atoms. The van der Waals surface area contributed by atoms with Crippen molar-refractivity contribution in [2.75, 3.05) is 25.7 Å². The molecular formula is C22H25NO5. The van der Waals surface area contributed by atoms with Crippen molar-refractivity contribution in [3.63, 3.8) is 0 Å². The molecule has 0 saturated heterocycles. The van der Waals surface area contributed by atoms with Crippen molar-refractivity contribution in [3.8, 4) is 0 Å². The Morgan fingerprint density at radius 3 is 2.32 bits per heavy atom. The number of carbonyl (C=O) groups is 2. The van der Waals surface area contributed by atoms with E-state index in [1.54, 1.807) is 23.1 Å². The lowest BCUT2D eigenvalue weighted by Gasteiger charge is -2.22. The first-order chi connectivity index (χ1) is 13.6. The van der Waals surface area contributed by atoms with Crippen LogP contribution in [0.4, 0.5) is 10.5 Å². The summed E-state index contributed by atoms with van der Waals surface area (Å²) in [7, 11) is 2.75. The van der Waals surface area contributed by atoms with E-state index in [0.717, 1.165) is 12.1 Å². The highest BCUT2D eigenvalue weighted by atomic mass is 16.6. The molecule has 0 spiro atoms. The van der Waals surface area contributed by atoms with Gasteiger partial charge in [-0.25, -0.2) is 9.59 Å². The van der Waals surface area contributed by atoms with Crippen molar-refractivity contribution < 1.29 is 23.8 Å². The third-order valence-corrected chi connectivity index (χ3v) is 4.04. The molecule has 0 aliphatic carbocycles. The zero-order chi connectivity index (χ0) is 20.4. The monoisotopic (exact) mass is 383 g/mol. The average Bonchev–Trinajstić information content (AvgIpc) is 2.74. The molecule has 0 atom stereocenters. The minimum Gasteiger partial charge on any atom is -0.503 e. The summed E-state index contributed by atoms with van der Waals surface area (Å²) in [5, 5.41) is 0. The summed E-state index contributed by atoms with van der Waals surface area (Å²) >= 11 is 0. The third kappa shape index (κ3) is 5.36. The number of ether oxygens (including phenoxy) is 3. The largest absolute Gasteiger partial charge is 0.503 e. The highest BCUT2D eigenvalue weighted by molar-refractivity contribution is 6.16. The van der Waals surface area contributed by atoms with Crippen molar-refractivity contribution in [2.24, 2.45) is 0 Å². The van der Waals surface area contributed by atoms with Gasteiger partial charge in [-0.2, -0.15) is 0 Å². The summed E-state index contributed by atoms with van der Waals surface area (Å²) < 4.78 is 15.4. The van der Waals surface area contributed by atoms with Gasteiger partial charge in [0.1, 0.15) is 12.2 Å². The number of benzene rings is 2. The second-order valence-electron chi connectivity index (χ2n) is 5.96. The molecule has 0 aromatic heterocycles. The van der Waals surface area contributed by atoms with Crippen LogP contribution in [0.25, 0.3) is 5.57 Å². The lowest BCUT2D eigenvalue weighted by atomic mass is 10.0. The van der Waals surface area contributed by atoms with E-state index in [1.807, 2.05) is 43.3 Å². The van der Waals surface area contributed by atoms with Gasteiger partial charge in [0, 0.05) is 12.2 Å². The van der Waals surface area contributed by atoms with Gasteiger partial charge in [0.15, 0.2) is 0 Å². The van der Waals surface area contributed by atoms with Crippen molar-refractivity contribution in [1.82, 2.24) is 0 Å². The Balaban J connectivity index is 2.21. The molecule has 6 nitrogen and oxygen atoms in total. The Kier molecular flexibility index (Phi) is 8.09. The average molecular weight is 383 g/mol. The second-order valence-corrected chi connectivity index (χ2v) is 5.96. The smallest absolute Gasteiger partial charge is 0.414 e. The SMILES string of the molecule is CCCN(C(=O)OCc1ccccc1/C(=C\OC)C(=O)OC)c1ccccc1. The third-order valence-electron chi connectivity index (χ3n) is 4.04. The molecule has 6 heteroatoms. The van der Waals surface area contributed by atoms with Gasteiger partial charge < -0.3 is 14.2 Å². The molecule has 0 aliphatic heterocycles. The van der Waals surface area contributed by atoms with Gasteiger partial charge in [-0.3, -0.25) is 4.90 Å². The first-order valence-electron chi connectivity index (χ1n) is 9.01. The molecule has 0 saturated carbocycles. The fraction of sp³-hybridized carbons (Fsp3) is 0.273. The van der Waals surface area contributed by atoms with Crippen LogP contribution in [0.2, 0.25) is 0 Å². The van der Waals surface area contributed by atoms with Crippen LogP contribution >= 0.6 is 0 Å². The van der Waals surface area contributed by atoms with Crippen LogP contribution in [-0.4, -0.2) is 32.8 Å². The van der Waals surface area contributed by atoms with E-state index in [1.165, 1.54) is 20.5 Å². The molecule has 148 valence electrons. The molecule has 2 aromatic rings. The molecule has 28 heavy (non-hydrogen) atoms. The number of esters is 1. The van der Waals surface area contributed by atoms with Crippen molar-refractivity contribution in [2.45, 2.75) is 20.0 Å². The van der Waals surface area contributed by atoms with Gasteiger partial charge in [-0.1, -0.05) is 49.4 Å². The normalized spacial score (nSPS) is 10.9. The number of nitrogens with zero attached hydrogens (tertiary/aromatic N) is 1. The Hall–Kier alpha value is -3.28. The Labute approximate surface area is 165 Å². The molecule has 0 fully saturated rings. The molecule has 0 aliphatic rings. The highest BCUT2D eigenvalue weighted by Crippen LogP contribution is 2.22. The van der Waals surface area contributed by atoms with E-state index in [0.29, 0.717) is 17.7 Å². The molecule has 0 N–H and O–H groups in total. The number of carbonyl (C=O) groups excluding carboxylic acids is 2. The number of hydrogen-bond donors (Lipinski definition) is 0. The number of hydrogen-bond acceptors (Lipinski definition) is 5. The van der Waals surface area contributed by atoms with E-state index in [4.69, 9.17) is 14.2 Å². The van der Waals surface area contributed by atoms with E-state index in [9.17, 15) is 9.59 Å². The fourth-order valence-electron chi connectivity index (χ4n) is 2.73. The molecule has 0 unspecified atom stereocenters. The summed E-state index contributed by atoms with van der Waals surface area (Å²) in [5.41, 5.74) is 2.29. The number of para-hydroxylation sites is 1. The van der Waals surface area contributed by atoms with Crippen LogP contribution in [0, 0.1) is 0 Å². The quantitative estimate of drug-likeness (QED) is 0.384. The summed E-state index contributed by atoms with van der Waals surface area (Å²) in [5.74, 6) is -0.530. The topological polar surface area (TPSA) is 65.1 Å². The van der Waals surface area contributed by atoms with Crippen LogP contribution in [-0.2, 0) is 25.6 Å². The molecule has 1 amide bonds. The number of amides is 1. The van der Waals surface area contributed by atoms with Gasteiger partial charge in [0.25, 0.3) is 0 Å². The molecular weight excluding hydrogens is 358 g/mol. The van der Waals surface area contributed by atoms with Gasteiger partial charge >= 0.3 is 12.1 Å². The fourth-order valence-corrected chi connectivity index (χ4v) is 2.73. The van der Waals surface area contributed by atoms with E-state index in [2.05, 4.69) is 0 Å². The van der Waals surface area contributed by atoms with Crippen molar-refractivity contribution in [1.29, 1.82) is 0 Å². The van der Waals surface area contributed by atoms with Gasteiger partial charge in [0.05, 0.1) is 20.5 Å². The summed E-state index contributed by atoms with van der Waals surface area (Å²) in [6, 6.07) is 16.5. The minimum absolute atomic E-state index is 0.0140. The van der Waals surface area contributed by atoms with Gasteiger partial charge in [-0.15, -0.1) is 0 Å². The number of rotatable bonds is 8. The van der Waals surface area contributed by atoms with Gasteiger partial charge in [0.2, 0.25) is 0 Å². The minimum atomic E-state index is -0.530. The number of methoxy groups -OCH3 is 2. The maximum absolute atomic E-state index is 12.7. The predicted octanol–water partition coefficient (Wildman–Crippen LogP) is 4.40. The second kappa shape index (κ2) is 10.8. The maximum atomic E-state index is 12.7. The maximum Gasteiger partial charge on any atom is 0.414 e. The highest BCUT2D eigenvalue weighted by Gasteiger charge is 2.20. The zero-order valence-electron chi connectivity index (χ0n) is 16.4. The van der Waals surface area contributed by atoms with E-state index >= 15 is 0 Å². The summed E-state index contributed by atoms with van der Waals surface area (Å²) in [6.07, 6.45) is 1.67. The molecule has 0 radical (unpaired) electrons. The van der Waals surface area contributed by atoms with Gasteiger partial charge in [-0.05, 0) is 29.7 Å². The molecule has 2 rings (SSSR count). The Bertz CT molecular complexity index is 817. The first-order valence-corrected chi connectivity index (χ1v) is 9.01. The van der Waals surface area contributed by atoms with E-state index < -0.39 is 12.1 Å². The first kappa shape index (κ1) is 21.0. The summed E-state index contributed by atoms with van der Waals surface area (Å²) in [6.45, 7) is 2.55. The van der Waals surface area contributed by atoms with Crippen LogP contribution in [0.5, 0.6) is 0 Å². The Morgan fingerprint density at radius 1 is 1.00 bits per heavy atom. The lowest BCUT2D eigenvalue weighted by Crippen LogP contribution is -2.32. The Morgan fingerprint density at radius 2 is 1.68 bits per heavy atom. The zero-order valence-corrected chi connectivity index (χ0v) is 16.4. The standard InChI is InChI=1S/C22H25NO5/c1-4-14-23(18-11-6-5-7-12-18)22(25)28-15-17-10-8-9-13-19(17)20(16-26-2)21(24)27-3/h5-13,16H,4,14-15H2,1-3H3/b20-16+. The van der Waals surface area contributed by atoms with Crippen LogP contribution < -0.4 is 4.90 Å². The van der Waals surface area contributed by atoms with Crippen LogP contribution in [0.15, 0.2) is 60.9 Å². The summed E-state index contributed by atoms with van der Waals surface area (Å²) in [4.78, 5) is 26.4. The number of anilines is 1. The molecule has 0 heterocycles. The van der Waals surface area contributed by atoms with E-state index in [-0.39, 0.29) is 12.2 Å².